The first kappa shape index (κ1) is 32.7. The van der Waals surface area contributed by atoms with Crippen molar-refractivity contribution in [3.05, 3.63) is 48.2 Å². The van der Waals surface area contributed by atoms with Crippen molar-refractivity contribution in [3.8, 4) is 0 Å². The summed E-state index contributed by atoms with van der Waals surface area (Å²) in [4.78, 5) is 0. The summed E-state index contributed by atoms with van der Waals surface area (Å²) in [5.41, 5.74) is 0.212. The molecule has 1 aliphatic carbocycles. The fraction of sp³-hybridized carbons (Fsp3) is 0.667. The van der Waals surface area contributed by atoms with Gasteiger partial charge in [-0.05, 0) is 17.9 Å². The van der Waals surface area contributed by atoms with Gasteiger partial charge in [0.25, 0.3) is 0 Å². The summed E-state index contributed by atoms with van der Waals surface area (Å²) in [6.45, 7) is 32.0. The van der Waals surface area contributed by atoms with Gasteiger partial charge < -0.3 is 0 Å². The van der Waals surface area contributed by atoms with Gasteiger partial charge in [0, 0.05) is 33.8 Å². The first-order chi connectivity index (χ1) is 13.0. The Hall–Kier alpha value is 0.555. The number of rotatable bonds is 7. The van der Waals surface area contributed by atoms with Crippen LogP contribution in [-0.2, 0) is 21.7 Å². The molecule has 6 heteroatoms. The van der Waals surface area contributed by atoms with Crippen LogP contribution in [0.25, 0.3) is 0 Å². The third-order valence-electron chi connectivity index (χ3n) is 5.05. The van der Waals surface area contributed by atoms with Crippen LogP contribution in [0.15, 0.2) is 53.0 Å². The molecule has 1 rings (SSSR count). The first-order valence-corrected chi connectivity index (χ1v) is 26.1. The van der Waals surface area contributed by atoms with Crippen LogP contribution in [0.3, 0.4) is 0 Å². The molecule has 0 fully saturated rings. The van der Waals surface area contributed by atoms with Crippen molar-refractivity contribution in [2.75, 3.05) is 0 Å². The smallest absolute Gasteiger partial charge is 0.0843 e. The molecule has 0 atom stereocenters. The van der Waals surface area contributed by atoms with E-state index < -0.39 is 28.9 Å². The zero-order valence-corrected chi connectivity index (χ0v) is 27.8. The molecule has 0 N–H and O–H groups in total. The molecular formula is C24H50NPSi3Ti. The maximum Gasteiger partial charge on any atom is 0.0843 e. The average Bonchev–Trinajstić information content (AvgIpc) is 2.98. The predicted octanol–water partition coefficient (Wildman–Crippen LogP) is 9.94. The van der Waals surface area contributed by atoms with Gasteiger partial charge in [-0.15, -0.1) is 0 Å². The number of allylic oxidation sites excluding steroid dienone is 7. The van der Waals surface area contributed by atoms with Crippen molar-refractivity contribution in [1.29, 1.82) is 0 Å². The molecule has 0 unspecified atom stereocenters. The third-order valence-corrected chi connectivity index (χ3v) is 66.0. The summed E-state index contributed by atoms with van der Waals surface area (Å²) < 4.78 is 5.62. The van der Waals surface area contributed by atoms with Crippen molar-refractivity contribution in [2.45, 2.75) is 93.0 Å². The molecule has 1 aliphatic rings. The Morgan fingerprint density at radius 3 is 1.37 bits per heavy atom. The molecule has 0 heterocycles. The van der Waals surface area contributed by atoms with Gasteiger partial charge >= 0.3 is 0 Å². The maximum atomic E-state index is 5.62. The van der Waals surface area contributed by atoms with Gasteiger partial charge in [0.15, 0.2) is 0 Å². The van der Waals surface area contributed by atoms with Gasteiger partial charge in [0.2, 0.25) is 0 Å². The number of hydrogen-bond donors (Lipinski definition) is 0. The van der Waals surface area contributed by atoms with E-state index in [4.69, 9.17) is 4.74 Å². The molecular weight excluding hydrogens is 465 g/mol. The van der Waals surface area contributed by atoms with Crippen LogP contribution in [-0.4, -0.2) is 23.2 Å². The predicted molar refractivity (Wildman–Crippen MR) is 149 cm³/mol. The van der Waals surface area contributed by atoms with Crippen LogP contribution in [0.5, 0.6) is 0 Å². The molecule has 1 nitrogen and oxygen atoms in total. The van der Waals surface area contributed by atoms with E-state index in [0.717, 1.165) is 6.42 Å². The normalized spacial score (nSPS) is 15.5. The Labute approximate surface area is 207 Å². The summed E-state index contributed by atoms with van der Waals surface area (Å²) in [6.07, 6.45) is 16.4. The van der Waals surface area contributed by atoms with Gasteiger partial charge in [0.1, 0.15) is 0 Å². The molecule has 0 bridgehead atoms. The minimum Gasteiger partial charge on any atom is -0.284 e. The van der Waals surface area contributed by atoms with Crippen LogP contribution in [0.4, 0.5) is 0 Å². The van der Waals surface area contributed by atoms with Crippen molar-refractivity contribution < 1.29 is 21.7 Å². The van der Waals surface area contributed by atoms with Crippen LogP contribution in [0, 0.1) is 11.8 Å². The van der Waals surface area contributed by atoms with Crippen LogP contribution in [0.1, 0.15) is 34.1 Å². The fourth-order valence-corrected chi connectivity index (χ4v) is 88.5. The zero-order valence-electron chi connectivity index (χ0n) is 22.3. The minimum atomic E-state index is -1.28. The molecule has 0 aromatic carbocycles. The SMILES string of the molecule is CC(C)C=CC=CC(C)C.C[Si](C)(C)P(=NC1=CC=CC1)([Si](C)(C)C)[Si](C)(C)C.[Ti]. The Kier molecular flexibility index (Phi) is 14.5. The van der Waals surface area contributed by atoms with Crippen LogP contribution >= 0.6 is 5.70 Å². The molecule has 0 aliphatic heterocycles. The quantitative estimate of drug-likeness (QED) is 0.182. The minimum absolute atomic E-state index is 0. The van der Waals surface area contributed by atoms with Gasteiger partial charge in [-0.2, -0.15) is 0 Å². The molecule has 0 radical (unpaired) electrons. The second kappa shape index (κ2) is 13.3. The summed E-state index contributed by atoms with van der Waals surface area (Å²) >= 11 is 0. The van der Waals surface area contributed by atoms with Crippen molar-refractivity contribution >= 4 is 28.9 Å². The Bertz CT molecular complexity index is 624. The molecule has 0 aromatic heterocycles. The summed E-state index contributed by atoms with van der Waals surface area (Å²) in [5.74, 6) is 1.33. The summed E-state index contributed by atoms with van der Waals surface area (Å²) in [7, 11) is -3.83. The third kappa shape index (κ3) is 10.0. The van der Waals surface area contributed by atoms with Crippen LogP contribution < -0.4 is 0 Å². The zero-order chi connectivity index (χ0) is 23.1. The summed E-state index contributed by atoms with van der Waals surface area (Å²) in [5, 5.41) is 0. The number of hydrogen-bond acceptors (Lipinski definition) is 1. The number of nitrogens with zero attached hydrogens (tertiary/aromatic N) is 1. The standard InChI is InChI=1S/C14H32NPSi3.C10H18.Ti/c1-17(2,3)16(18(4,5)6,19(7,8)9)15-14-12-10-11-13-14;1-9(2)7-5-6-8-10(3)4;/h10-12H,13H2,1-9H3;5-10H,1-4H3;. The van der Waals surface area contributed by atoms with Gasteiger partial charge in [-0.3, -0.25) is 4.74 Å². The first-order valence-electron chi connectivity index (χ1n) is 11.3. The monoisotopic (exact) mass is 515 g/mol. The largest absolute Gasteiger partial charge is 0.284 e. The Morgan fingerprint density at radius 1 is 0.767 bits per heavy atom. The molecule has 0 spiro atoms. The van der Waals surface area contributed by atoms with Crippen LogP contribution in [0.2, 0.25) is 58.9 Å². The Morgan fingerprint density at radius 2 is 1.13 bits per heavy atom. The Balaban J connectivity index is 0. The van der Waals surface area contributed by atoms with E-state index >= 15 is 0 Å². The van der Waals surface area contributed by atoms with E-state index in [9.17, 15) is 0 Å². The molecule has 0 saturated carbocycles. The molecule has 172 valence electrons. The average molecular weight is 516 g/mol. The second-order valence-electron chi connectivity index (χ2n) is 11.8. The van der Waals surface area contributed by atoms with Crippen molar-refractivity contribution in [1.82, 2.24) is 0 Å². The topological polar surface area (TPSA) is 12.4 Å². The summed E-state index contributed by atoms with van der Waals surface area (Å²) in [6, 6.07) is 0. The van der Waals surface area contributed by atoms with Crippen molar-refractivity contribution in [3.63, 3.8) is 0 Å². The fourth-order valence-electron chi connectivity index (χ4n) is 4.74. The van der Waals surface area contributed by atoms with Gasteiger partial charge in [0.05, 0.1) is 23.2 Å². The molecule has 0 aromatic rings. The molecule has 0 saturated heterocycles. The van der Waals surface area contributed by atoms with E-state index in [0.29, 0.717) is 11.8 Å². The van der Waals surface area contributed by atoms with Gasteiger partial charge in [-0.1, -0.05) is 129 Å². The van der Waals surface area contributed by atoms with E-state index in [2.05, 4.69) is 129 Å². The van der Waals surface area contributed by atoms with E-state index in [-0.39, 0.29) is 21.7 Å². The molecule has 0 amide bonds. The van der Waals surface area contributed by atoms with Gasteiger partial charge in [-0.25, -0.2) is 0 Å². The van der Waals surface area contributed by atoms with E-state index in [1.165, 1.54) is 5.70 Å². The second-order valence-corrected chi connectivity index (χ2v) is 48.2. The van der Waals surface area contributed by atoms with Crippen molar-refractivity contribution in [2.24, 2.45) is 16.6 Å². The maximum absolute atomic E-state index is 5.62. The molecule has 30 heavy (non-hydrogen) atoms. The van der Waals surface area contributed by atoms with E-state index in [1.54, 1.807) is 0 Å². The van der Waals surface area contributed by atoms with E-state index in [1.807, 2.05) is 0 Å².